The molecule has 0 bridgehead atoms. The molecule has 4 aromatic carbocycles. The molecule has 0 aliphatic rings. The topological polar surface area (TPSA) is 273 Å². The van der Waals surface area contributed by atoms with Crippen LogP contribution < -0.4 is 31.2 Å². The van der Waals surface area contributed by atoms with Gasteiger partial charge in [0.05, 0.1) is 89.1 Å². The Bertz CT molecular complexity index is 3040. The first kappa shape index (κ1) is 58.1. The number of nitrogen functional groups attached to an aromatic ring is 1. The summed E-state index contributed by atoms with van der Waals surface area (Å²) in [5.41, 5.74) is 8.66. The molecule has 2 heterocycles. The van der Waals surface area contributed by atoms with E-state index in [2.05, 4.69) is 35.9 Å². The molecular formula is C48H55Cl3N8O11S2. The molecule has 0 aliphatic heterocycles. The highest BCUT2D eigenvalue weighted by Crippen LogP contribution is 2.33. The molecule has 72 heavy (non-hydrogen) atoms. The van der Waals surface area contributed by atoms with E-state index in [0.717, 1.165) is 0 Å². The van der Waals surface area contributed by atoms with Gasteiger partial charge < -0.3 is 45.7 Å². The van der Waals surface area contributed by atoms with Crippen molar-refractivity contribution in [3.8, 4) is 11.5 Å². The summed E-state index contributed by atoms with van der Waals surface area (Å²) in [4.78, 5) is 39.2. The number of aromatic nitrogens is 4. The number of nitrogens with two attached hydrogens (primary N) is 1. The van der Waals surface area contributed by atoms with E-state index >= 15 is 0 Å². The first-order valence-corrected chi connectivity index (χ1v) is 26.1. The number of carbonyl (C=O) groups is 2. The maximum Gasteiger partial charge on any atom is 0.310 e. The van der Waals surface area contributed by atoms with Gasteiger partial charge in [-0.2, -0.15) is 9.97 Å². The lowest BCUT2D eigenvalue weighted by molar-refractivity contribution is -0.144. The molecule has 6 N–H and O–H groups in total. The van der Waals surface area contributed by atoms with Gasteiger partial charge in [0.1, 0.15) is 28.2 Å². The number of carboxylic acid groups (broad SMARTS) is 1. The highest BCUT2D eigenvalue weighted by atomic mass is 35.5. The maximum absolute atomic E-state index is 12.8. The van der Waals surface area contributed by atoms with E-state index < -0.39 is 36.1 Å². The fourth-order valence-corrected chi connectivity index (χ4v) is 8.89. The van der Waals surface area contributed by atoms with Crippen LogP contribution in [0.5, 0.6) is 11.5 Å². The van der Waals surface area contributed by atoms with Crippen LogP contribution in [-0.4, -0.2) is 98.4 Å². The SMILES string of the molecule is CC(C)S(=O)(=O)c1ccccc1Nc1nc(Cl)ncc1Cl.CCOCCOC(=O)Cc1ccc(OC)c(Nc2ncc(Cl)c(Nc3ccccc3S(=O)(=O)C(C)C)n2)c1.COc1ccc(CC(=O)O)cc1N. The fraction of sp³-hybridized carbons (Fsp3) is 0.292. The minimum absolute atomic E-state index is 0.0195. The summed E-state index contributed by atoms with van der Waals surface area (Å²) >= 11 is 18.0. The molecule has 6 aromatic rings. The van der Waals surface area contributed by atoms with Crippen molar-refractivity contribution < 1.29 is 50.5 Å². The van der Waals surface area contributed by atoms with E-state index in [-0.39, 0.29) is 68.1 Å². The van der Waals surface area contributed by atoms with E-state index in [1.165, 1.54) is 38.7 Å². The van der Waals surface area contributed by atoms with Crippen molar-refractivity contribution in [3.63, 3.8) is 0 Å². The lowest BCUT2D eigenvalue weighted by atomic mass is 10.1. The molecule has 2 aromatic heterocycles. The molecule has 0 aliphatic carbocycles. The van der Waals surface area contributed by atoms with Gasteiger partial charge in [0.25, 0.3) is 0 Å². The van der Waals surface area contributed by atoms with Crippen molar-refractivity contribution in [3.05, 3.63) is 124 Å². The molecular weight excluding hydrogens is 1040 g/mol. The molecule has 0 fully saturated rings. The second kappa shape index (κ2) is 27.4. The minimum atomic E-state index is -3.56. The van der Waals surface area contributed by atoms with Crippen LogP contribution in [0.1, 0.15) is 45.7 Å². The molecule has 0 unspecified atom stereocenters. The molecule has 0 amide bonds. The highest BCUT2D eigenvalue weighted by Gasteiger charge is 2.25. The molecule has 0 spiro atoms. The zero-order valence-electron chi connectivity index (χ0n) is 40.3. The van der Waals surface area contributed by atoms with Crippen molar-refractivity contribution in [1.29, 1.82) is 0 Å². The first-order chi connectivity index (χ1) is 34.1. The Kier molecular flexibility index (Phi) is 22.1. The summed E-state index contributed by atoms with van der Waals surface area (Å²) in [7, 11) is -3.96. The normalized spacial score (nSPS) is 11.1. The predicted molar refractivity (Wildman–Crippen MR) is 279 cm³/mol. The van der Waals surface area contributed by atoms with E-state index in [1.54, 1.807) is 100 Å². The molecule has 19 nitrogen and oxygen atoms in total. The van der Waals surface area contributed by atoms with Crippen LogP contribution in [0.3, 0.4) is 0 Å². The van der Waals surface area contributed by atoms with E-state index in [9.17, 15) is 26.4 Å². The second-order valence-corrected chi connectivity index (χ2v) is 21.7. The Morgan fingerprint density at radius 1 is 0.667 bits per heavy atom. The third-order valence-electron chi connectivity index (χ3n) is 9.80. The van der Waals surface area contributed by atoms with Crippen molar-refractivity contribution in [2.75, 3.05) is 55.7 Å². The second-order valence-electron chi connectivity index (χ2n) is 15.6. The van der Waals surface area contributed by atoms with Crippen LogP contribution in [0.4, 0.5) is 40.3 Å². The average molecular weight is 1090 g/mol. The van der Waals surface area contributed by atoms with Crippen molar-refractivity contribution in [2.45, 2.75) is 67.8 Å². The summed E-state index contributed by atoms with van der Waals surface area (Å²) in [6.45, 7) is 9.44. The summed E-state index contributed by atoms with van der Waals surface area (Å²) < 4.78 is 71.1. The van der Waals surface area contributed by atoms with Crippen LogP contribution in [0.15, 0.2) is 107 Å². The fourth-order valence-electron chi connectivity index (χ4n) is 6.08. The van der Waals surface area contributed by atoms with Gasteiger partial charge in [-0.05, 0) is 106 Å². The number of sulfone groups is 2. The molecule has 24 heteroatoms. The Morgan fingerprint density at radius 3 is 1.69 bits per heavy atom. The van der Waals surface area contributed by atoms with Crippen LogP contribution in [0.2, 0.25) is 15.3 Å². The van der Waals surface area contributed by atoms with Gasteiger partial charge in [-0.1, -0.05) is 59.6 Å². The molecule has 386 valence electrons. The molecule has 0 saturated heterocycles. The molecule has 0 radical (unpaired) electrons. The quantitative estimate of drug-likeness (QED) is 0.0206. The van der Waals surface area contributed by atoms with Crippen molar-refractivity contribution in [2.24, 2.45) is 0 Å². The number of halogens is 3. The monoisotopic (exact) mass is 1090 g/mol. The number of carboxylic acids is 1. The number of carbonyl (C=O) groups excluding carboxylic acids is 1. The summed E-state index contributed by atoms with van der Waals surface area (Å²) in [5.74, 6) is 0.450. The molecule has 6 rings (SSSR count). The van der Waals surface area contributed by atoms with Crippen molar-refractivity contribution in [1.82, 2.24) is 19.9 Å². The number of anilines is 7. The standard InChI is InChI=1S/C26H31ClN4O6S.C13H13Cl2N3O2S.C9H11NO3/c1-5-36-12-13-37-24(32)15-18-10-11-22(35-4)21(14-18)30-26-28-16-19(27)25(31-26)29-20-8-6-7-9-23(20)38(33,34)17(2)3;1-8(2)21(19,20)11-6-4-3-5-10(11)17-12-9(14)7-16-13(15)18-12;1-13-8-3-2-6(4-7(8)10)5-9(11)12/h6-11,14,16-17H,5,12-13,15H2,1-4H3,(H2,28,29,30,31);3-8H,1-2H3,(H,16,17,18);2-4H,5,10H2,1H3,(H,11,12). The highest BCUT2D eigenvalue weighted by molar-refractivity contribution is 7.92. The van der Waals surface area contributed by atoms with Crippen molar-refractivity contribution >= 4 is 107 Å². The lowest BCUT2D eigenvalue weighted by Gasteiger charge is -2.16. The average Bonchev–Trinajstić information content (AvgIpc) is 3.33. The van der Waals surface area contributed by atoms with Crippen LogP contribution >= 0.6 is 34.8 Å². The van der Waals surface area contributed by atoms with E-state index in [4.69, 9.17) is 64.6 Å². The maximum atomic E-state index is 12.8. The third kappa shape index (κ3) is 16.8. The number of nitrogens with zero attached hydrogens (tertiary/aromatic N) is 4. The Hall–Kier alpha value is -6.49. The number of para-hydroxylation sites is 2. The predicted octanol–water partition coefficient (Wildman–Crippen LogP) is 9.54. The number of hydrogen-bond donors (Lipinski definition) is 5. The van der Waals surface area contributed by atoms with Gasteiger partial charge in [0.2, 0.25) is 11.2 Å². The van der Waals surface area contributed by atoms with Gasteiger partial charge in [-0.15, -0.1) is 0 Å². The first-order valence-electron chi connectivity index (χ1n) is 21.8. The summed E-state index contributed by atoms with van der Waals surface area (Å²) in [6.07, 6.45) is 2.78. The number of benzene rings is 4. The number of nitrogens with one attached hydrogen (secondary N) is 3. The number of methoxy groups -OCH3 is 2. The number of aliphatic carboxylic acids is 1. The molecule has 0 saturated carbocycles. The smallest absolute Gasteiger partial charge is 0.310 e. The summed E-state index contributed by atoms with van der Waals surface area (Å²) in [6, 6.07) is 23.3. The number of hydrogen-bond acceptors (Lipinski definition) is 18. The largest absolute Gasteiger partial charge is 0.495 e. The Labute approximate surface area is 433 Å². The van der Waals surface area contributed by atoms with E-state index in [0.29, 0.717) is 58.6 Å². The zero-order chi connectivity index (χ0) is 53.2. The van der Waals surface area contributed by atoms with E-state index in [1.807, 2.05) is 6.92 Å². The van der Waals surface area contributed by atoms with Gasteiger partial charge in [-0.25, -0.2) is 26.8 Å². The number of rotatable bonds is 20. The number of ether oxygens (including phenoxy) is 4. The molecule has 0 atom stereocenters. The Balaban J connectivity index is 0.000000274. The van der Waals surface area contributed by atoms with Gasteiger partial charge in [-0.3, -0.25) is 9.59 Å². The van der Waals surface area contributed by atoms with Gasteiger partial charge >= 0.3 is 11.9 Å². The third-order valence-corrected chi connectivity index (χ3v) is 15.0. The summed E-state index contributed by atoms with van der Waals surface area (Å²) in [5, 5.41) is 16.8. The minimum Gasteiger partial charge on any atom is -0.495 e. The van der Waals surface area contributed by atoms with Gasteiger partial charge in [0.15, 0.2) is 31.3 Å². The van der Waals surface area contributed by atoms with Crippen LogP contribution in [0.25, 0.3) is 0 Å². The lowest BCUT2D eigenvalue weighted by Crippen LogP contribution is -2.15. The van der Waals surface area contributed by atoms with Gasteiger partial charge in [0, 0.05) is 6.61 Å². The van der Waals surface area contributed by atoms with Crippen LogP contribution in [-0.2, 0) is 51.6 Å². The number of esters is 1. The Morgan fingerprint density at radius 2 is 1.18 bits per heavy atom. The zero-order valence-corrected chi connectivity index (χ0v) is 44.2. The van der Waals surface area contributed by atoms with Crippen LogP contribution in [0, 0.1) is 0 Å².